The molecule has 0 bridgehead atoms. The van der Waals surface area contributed by atoms with Gasteiger partial charge >= 0.3 is 0 Å². The van der Waals surface area contributed by atoms with E-state index in [2.05, 4.69) is 5.32 Å². The number of aromatic carboxylic acids is 1. The van der Waals surface area contributed by atoms with Gasteiger partial charge in [-0.15, -0.1) is 0 Å². The topological polar surface area (TPSA) is 69.2 Å². The van der Waals surface area contributed by atoms with Gasteiger partial charge < -0.3 is 15.2 Å². The van der Waals surface area contributed by atoms with Crippen LogP contribution in [0, 0.1) is 20.8 Å². The van der Waals surface area contributed by atoms with Crippen molar-refractivity contribution >= 4 is 17.6 Å². The average molecular weight is 282 g/mol. The molecule has 0 aliphatic heterocycles. The van der Waals surface area contributed by atoms with Gasteiger partial charge in [-0.25, -0.2) is 0 Å². The lowest BCUT2D eigenvalue weighted by molar-refractivity contribution is -0.254. The first-order valence-electron chi connectivity index (χ1n) is 6.59. The van der Waals surface area contributed by atoms with Crippen molar-refractivity contribution in [2.45, 2.75) is 20.8 Å². The van der Waals surface area contributed by atoms with Crippen LogP contribution in [0.5, 0.6) is 0 Å². The number of aryl methyl sites for hydroxylation is 3. The van der Waals surface area contributed by atoms with Crippen LogP contribution in [-0.2, 0) is 0 Å². The highest BCUT2D eigenvalue weighted by Crippen LogP contribution is 2.21. The predicted molar refractivity (Wildman–Crippen MR) is 79.4 cm³/mol. The lowest BCUT2D eigenvalue weighted by atomic mass is 10.0. The second-order valence-electron chi connectivity index (χ2n) is 5.04. The molecule has 0 saturated carbocycles. The van der Waals surface area contributed by atoms with Crippen LogP contribution in [0.3, 0.4) is 0 Å². The maximum atomic E-state index is 12.3. The maximum absolute atomic E-state index is 12.3. The Morgan fingerprint density at radius 2 is 1.67 bits per heavy atom. The van der Waals surface area contributed by atoms with E-state index in [4.69, 9.17) is 0 Å². The third kappa shape index (κ3) is 3.11. The van der Waals surface area contributed by atoms with Crippen molar-refractivity contribution < 1.29 is 14.7 Å². The first-order chi connectivity index (χ1) is 9.90. The molecule has 0 spiro atoms. The van der Waals surface area contributed by atoms with E-state index < -0.39 is 5.97 Å². The summed E-state index contributed by atoms with van der Waals surface area (Å²) in [6.45, 7) is 5.63. The predicted octanol–water partition coefficient (Wildman–Crippen LogP) is 2.23. The van der Waals surface area contributed by atoms with E-state index in [9.17, 15) is 14.7 Å². The molecule has 1 amide bonds. The first kappa shape index (κ1) is 14.8. The van der Waals surface area contributed by atoms with Crippen LogP contribution < -0.4 is 10.4 Å². The zero-order chi connectivity index (χ0) is 15.6. The second kappa shape index (κ2) is 5.79. The zero-order valence-corrected chi connectivity index (χ0v) is 12.2. The molecule has 0 fully saturated rings. The van der Waals surface area contributed by atoms with E-state index in [1.807, 2.05) is 19.9 Å². The Kier molecular flexibility index (Phi) is 4.08. The van der Waals surface area contributed by atoms with Gasteiger partial charge in [0.2, 0.25) is 0 Å². The number of hydrogen-bond acceptors (Lipinski definition) is 3. The van der Waals surface area contributed by atoms with Crippen molar-refractivity contribution in [3.63, 3.8) is 0 Å². The number of anilines is 1. The Hall–Kier alpha value is -2.62. The molecule has 0 saturated heterocycles. The number of para-hydroxylation sites is 1. The second-order valence-corrected chi connectivity index (χ2v) is 5.04. The molecule has 21 heavy (non-hydrogen) atoms. The normalized spacial score (nSPS) is 10.2. The van der Waals surface area contributed by atoms with Crippen LogP contribution in [-0.4, -0.2) is 11.9 Å². The van der Waals surface area contributed by atoms with Gasteiger partial charge in [-0.05, 0) is 49.6 Å². The zero-order valence-electron chi connectivity index (χ0n) is 12.2. The highest BCUT2D eigenvalue weighted by atomic mass is 16.4. The van der Waals surface area contributed by atoms with Crippen molar-refractivity contribution in [3.05, 3.63) is 64.2 Å². The van der Waals surface area contributed by atoms with Gasteiger partial charge in [0.15, 0.2) is 0 Å². The summed E-state index contributed by atoms with van der Waals surface area (Å²) in [5.41, 5.74) is 3.53. The van der Waals surface area contributed by atoms with Crippen LogP contribution in [0.1, 0.15) is 37.4 Å². The van der Waals surface area contributed by atoms with Gasteiger partial charge in [0, 0.05) is 11.1 Å². The molecular weight excluding hydrogens is 266 g/mol. The van der Waals surface area contributed by atoms with E-state index in [1.54, 1.807) is 31.2 Å². The molecule has 0 aliphatic carbocycles. The minimum absolute atomic E-state index is 0.0211. The fraction of sp³-hybridized carbons (Fsp3) is 0.176. The number of hydrogen-bond donors (Lipinski definition) is 1. The summed E-state index contributed by atoms with van der Waals surface area (Å²) >= 11 is 0. The van der Waals surface area contributed by atoms with E-state index in [0.29, 0.717) is 11.1 Å². The molecule has 4 heteroatoms. The fourth-order valence-electron chi connectivity index (χ4n) is 2.07. The van der Waals surface area contributed by atoms with Gasteiger partial charge in [0.25, 0.3) is 5.91 Å². The third-order valence-electron chi connectivity index (χ3n) is 3.50. The summed E-state index contributed by atoms with van der Waals surface area (Å²) in [6.07, 6.45) is 0. The number of carbonyl (C=O) groups is 2. The Bertz CT molecular complexity index is 720. The van der Waals surface area contributed by atoms with Gasteiger partial charge in [-0.1, -0.05) is 24.3 Å². The lowest BCUT2D eigenvalue weighted by Crippen LogP contribution is -2.25. The number of benzene rings is 2. The van der Waals surface area contributed by atoms with E-state index in [0.717, 1.165) is 11.1 Å². The Morgan fingerprint density at radius 3 is 2.29 bits per heavy atom. The van der Waals surface area contributed by atoms with Crippen molar-refractivity contribution in [2.75, 3.05) is 5.32 Å². The molecule has 2 aromatic rings. The van der Waals surface area contributed by atoms with Crippen molar-refractivity contribution in [3.8, 4) is 0 Å². The Balaban J connectivity index is 2.36. The van der Waals surface area contributed by atoms with E-state index >= 15 is 0 Å². The Labute approximate surface area is 123 Å². The van der Waals surface area contributed by atoms with Crippen LogP contribution in [0.2, 0.25) is 0 Å². The average Bonchev–Trinajstić information content (AvgIpc) is 2.43. The Morgan fingerprint density at radius 1 is 0.952 bits per heavy atom. The SMILES string of the molecule is Cc1ccc(C(=O)Nc2c(C)cccc2C(=O)[O-])cc1C. The molecule has 0 atom stereocenters. The minimum Gasteiger partial charge on any atom is -0.545 e. The summed E-state index contributed by atoms with van der Waals surface area (Å²) in [5.74, 6) is -1.65. The molecule has 4 nitrogen and oxygen atoms in total. The number of nitrogens with one attached hydrogen (secondary N) is 1. The van der Waals surface area contributed by atoms with Crippen LogP contribution in [0.15, 0.2) is 36.4 Å². The van der Waals surface area contributed by atoms with Crippen molar-refractivity contribution in [1.82, 2.24) is 0 Å². The highest BCUT2D eigenvalue weighted by molar-refractivity contribution is 6.08. The van der Waals surface area contributed by atoms with Crippen molar-refractivity contribution in [2.24, 2.45) is 0 Å². The number of carboxylic acids is 1. The fourth-order valence-corrected chi connectivity index (χ4v) is 2.07. The third-order valence-corrected chi connectivity index (χ3v) is 3.50. The molecule has 0 heterocycles. The molecule has 0 aromatic heterocycles. The molecule has 0 aliphatic rings. The van der Waals surface area contributed by atoms with Gasteiger partial charge in [-0.3, -0.25) is 4.79 Å². The van der Waals surface area contributed by atoms with Crippen molar-refractivity contribution in [1.29, 1.82) is 0 Å². The standard InChI is InChI=1S/C17H17NO3/c1-10-7-8-13(9-12(10)3)16(19)18-15-11(2)5-4-6-14(15)17(20)21/h4-9H,1-3H3,(H,18,19)(H,20,21)/p-1. The molecule has 0 radical (unpaired) electrons. The minimum atomic E-state index is -1.31. The number of amides is 1. The summed E-state index contributed by atoms with van der Waals surface area (Å²) in [7, 11) is 0. The largest absolute Gasteiger partial charge is 0.545 e. The van der Waals surface area contributed by atoms with Crippen LogP contribution >= 0.6 is 0 Å². The van der Waals surface area contributed by atoms with E-state index in [-0.39, 0.29) is 17.2 Å². The molecular formula is C17H16NO3-. The molecule has 2 rings (SSSR count). The lowest BCUT2D eigenvalue weighted by Gasteiger charge is -2.15. The maximum Gasteiger partial charge on any atom is 0.255 e. The molecule has 108 valence electrons. The first-order valence-corrected chi connectivity index (χ1v) is 6.59. The number of rotatable bonds is 3. The highest BCUT2D eigenvalue weighted by Gasteiger charge is 2.12. The summed E-state index contributed by atoms with van der Waals surface area (Å²) < 4.78 is 0. The van der Waals surface area contributed by atoms with Gasteiger partial charge in [0.05, 0.1) is 11.7 Å². The quantitative estimate of drug-likeness (QED) is 0.938. The molecule has 1 N–H and O–H groups in total. The number of carboxylic acid groups (broad SMARTS) is 1. The van der Waals surface area contributed by atoms with Crippen LogP contribution in [0.4, 0.5) is 5.69 Å². The summed E-state index contributed by atoms with van der Waals surface area (Å²) in [4.78, 5) is 23.4. The summed E-state index contributed by atoms with van der Waals surface area (Å²) in [6, 6.07) is 10.1. The van der Waals surface area contributed by atoms with E-state index in [1.165, 1.54) is 6.07 Å². The molecule has 0 unspecified atom stereocenters. The van der Waals surface area contributed by atoms with Gasteiger partial charge in [-0.2, -0.15) is 0 Å². The van der Waals surface area contributed by atoms with Crippen LogP contribution in [0.25, 0.3) is 0 Å². The number of carbonyl (C=O) groups excluding carboxylic acids is 2. The molecule has 2 aromatic carbocycles. The monoisotopic (exact) mass is 282 g/mol. The summed E-state index contributed by atoms with van der Waals surface area (Å²) in [5, 5.41) is 13.8. The van der Waals surface area contributed by atoms with Gasteiger partial charge in [0.1, 0.15) is 0 Å². The smallest absolute Gasteiger partial charge is 0.255 e.